The number of carbonyl (C=O) groups excluding carboxylic acids is 2. The van der Waals surface area contributed by atoms with Crippen molar-refractivity contribution >= 4 is 11.9 Å². The molecule has 0 radical (unpaired) electrons. The van der Waals surface area contributed by atoms with E-state index in [1.54, 1.807) is 11.8 Å². The van der Waals surface area contributed by atoms with Crippen molar-refractivity contribution in [2.45, 2.75) is 19.4 Å². The molecule has 3 aliphatic rings. The molecule has 1 fully saturated rings. The quantitative estimate of drug-likeness (QED) is 0.610. The van der Waals surface area contributed by atoms with Crippen molar-refractivity contribution in [2.75, 3.05) is 13.7 Å². The maximum absolute atomic E-state index is 11.5. The van der Waals surface area contributed by atoms with Crippen LogP contribution < -0.4 is 0 Å². The highest BCUT2D eigenvalue weighted by atomic mass is 16.5. The van der Waals surface area contributed by atoms with Gasteiger partial charge in [0.25, 0.3) is 0 Å². The third-order valence-electron chi connectivity index (χ3n) is 3.27. The fourth-order valence-electron chi connectivity index (χ4n) is 2.50. The second kappa shape index (κ2) is 3.68. The van der Waals surface area contributed by atoms with Crippen molar-refractivity contribution in [2.24, 2.45) is 11.8 Å². The molecular weight excluding hydrogens is 194 g/mol. The largest absolute Gasteiger partial charge is 0.453 e. The van der Waals surface area contributed by atoms with Crippen LogP contribution in [0.2, 0.25) is 0 Å². The number of hydrogen-bond donors (Lipinski definition) is 0. The van der Waals surface area contributed by atoms with Crippen molar-refractivity contribution in [1.29, 1.82) is 0 Å². The summed E-state index contributed by atoms with van der Waals surface area (Å²) in [4.78, 5) is 24.6. The Morgan fingerprint density at radius 3 is 2.67 bits per heavy atom. The molecule has 0 aromatic heterocycles. The zero-order valence-corrected chi connectivity index (χ0v) is 8.97. The fraction of sp³-hybridized carbons (Fsp3) is 0.636. The van der Waals surface area contributed by atoms with Gasteiger partial charge in [-0.25, -0.2) is 4.79 Å². The van der Waals surface area contributed by atoms with E-state index >= 15 is 0 Å². The molecule has 2 heterocycles. The van der Waals surface area contributed by atoms with E-state index in [0.29, 0.717) is 12.5 Å². The molecule has 1 aliphatic carbocycles. The van der Waals surface area contributed by atoms with Crippen molar-refractivity contribution in [3.8, 4) is 0 Å². The van der Waals surface area contributed by atoms with Crippen molar-refractivity contribution in [3.05, 3.63) is 12.2 Å². The molecule has 3 rings (SSSR count). The minimum Gasteiger partial charge on any atom is -0.453 e. The molecular formula is C11H15NO3. The van der Waals surface area contributed by atoms with Gasteiger partial charge in [0.05, 0.1) is 13.2 Å². The van der Waals surface area contributed by atoms with Gasteiger partial charge >= 0.3 is 6.09 Å². The molecule has 4 nitrogen and oxygen atoms in total. The molecule has 0 N–H and O–H groups in total. The Balaban J connectivity index is 2.21. The maximum atomic E-state index is 11.5. The Kier molecular flexibility index (Phi) is 2.50. The summed E-state index contributed by atoms with van der Waals surface area (Å²) < 4.78 is 4.71. The highest BCUT2D eigenvalue weighted by molar-refractivity contribution is 5.81. The number of ketones is 1. The number of ether oxygens (including phenoxy) is 1. The number of rotatable bonds is 1. The van der Waals surface area contributed by atoms with Crippen LogP contribution in [0.5, 0.6) is 0 Å². The summed E-state index contributed by atoms with van der Waals surface area (Å²) in [6.07, 6.45) is 4.59. The third kappa shape index (κ3) is 1.64. The van der Waals surface area contributed by atoms with Crippen LogP contribution >= 0.6 is 0 Å². The smallest absolute Gasteiger partial charge is 0.410 e. The normalized spacial score (nSPS) is 32.9. The van der Waals surface area contributed by atoms with E-state index in [0.717, 1.165) is 6.42 Å². The summed E-state index contributed by atoms with van der Waals surface area (Å²) in [5.74, 6) is 0.416. The molecule has 0 aromatic carbocycles. The maximum Gasteiger partial charge on any atom is 0.410 e. The summed E-state index contributed by atoms with van der Waals surface area (Å²) in [5.41, 5.74) is 0. The Labute approximate surface area is 88.9 Å². The number of carbonyl (C=O) groups is 2. The number of fused-ring (bicyclic) bond motifs is 2. The summed E-state index contributed by atoms with van der Waals surface area (Å²) >= 11 is 0. The van der Waals surface area contributed by atoms with Gasteiger partial charge in [-0.1, -0.05) is 12.2 Å². The lowest BCUT2D eigenvalue weighted by molar-refractivity contribution is -0.124. The van der Waals surface area contributed by atoms with Gasteiger partial charge in [0.15, 0.2) is 0 Å². The Morgan fingerprint density at radius 1 is 1.40 bits per heavy atom. The predicted octanol–water partition coefficient (Wildman–Crippen LogP) is 1.22. The van der Waals surface area contributed by atoms with E-state index in [4.69, 9.17) is 4.74 Å². The van der Waals surface area contributed by atoms with Crippen LogP contribution in [0.3, 0.4) is 0 Å². The Bertz CT molecular complexity index is 324. The van der Waals surface area contributed by atoms with Crippen LogP contribution in [0.1, 0.15) is 13.3 Å². The van der Waals surface area contributed by atoms with Crippen molar-refractivity contribution in [3.63, 3.8) is 0 Å². The van der Waals surface area contributed by atoms with Crippen molar-refractivity contribution in [1.82, 2.24) is 4.90 Å². The van der Waals surface area contributed by atoms with E-state index < -0.39 is 0 Å². The molecule has 0 unspecified atom stereocenters. The molecule has 1 saturated heterocycles. The van der Waals surface area contributed by atoms with Gasteiger partial charge in [-0.05, 0) is 19.3 Å². The van der Waals surface area contributed by atoms with Gasteiger partial charge in [-0.3, -0.25) is 4.79 Å². The monoisotopic (exact) mass is 209 g/mol. The van der Waals surface area contributed by atoms with Crippen molar-refractivity contribution < 1.29 is 14.3 Å². The molecule has 15 heavy (non-hydrogen) atoms. The van der Waals surface area contributed by atoms with E-state index in [2.05, 4.69) is 6.08 Å². The number of Topliss-reactive ketones (excluding diaryl/α,β-unsaturated/α-hetero) is 1. The van der Waals surface area contributed by atoms with Gasteiger partial charge in [-0.2, -0.15) is 0 Å². The van der Waals surface area contributed by atoms with Gasteiger partial charge in [-0.15, -0.1) is 0 Å². The first-order chi connectivity index (χ1) is 7.13. The highest BCUT2D eigenvalue weighted by Crippen LogP contribution is 2.35. The van der Waals surface area contributed by atoms with Gasteiger partial charge in [0.2, 0.25) is 0 Å². The number of methoxy groups -OCH3 is 1. The molecule has 3 atom stereocenters. The van der Waals surface area contributed by atoms with Gasteiger partial charge < -0.3 is 9.64 Å². The molecule has 2 bridgehead atoms. The first kappa shape index (κ1) is 10.2. The average Bonchev–Trinajstić information content (AvgIpc) is 2.28. The molecule has 0 saturated carbocycles. The molecule has 0 spiro atoms. The Hall–Kier alpha value is -1.32. The first-order valence-electron chi connectivity index (χ1n) is 5.17. The molecule has 0 aromatic rings. The first-order valence-corrected chi connectivity index (χ1v) is 5.17. The van der Waals surface area contributed by atoms with Gasteiger partial charge in [0, 0.05) is 12.5 Å². The summed E-state index contributed by atoms with van der Waals surface area (Å²) in [5, 5.41) is 0. The van der Waals surface area contributed by atoms with Crippen LogP contribution in [0.25, 0.3) is 0 Å². The average molecular weight is 209 g/mol. The third-order valence-corrected chi connectivity index (χ3v) is 3.27. The molecule has 82 valence electrons. The predicted molar refractivity (Wildman–Crippen MR) is 54.3 cm³/mol. The molecule has 2 aliphatic heterocycles. The lowest BCUT2D eigenvalue weighted by Crippen LogP contribution is -2.54. The molecule has 4 heteroatoms. The lowest BCUT2D eigenvalue weighted by atomic mass is 9.76. The number of amides is 1. The van der Waals surface area contributed by atoms with Crippen LogP contribution in [0.4, 0.5) is 4.79 Å². The highest BCUT2D eigenvalue weighted by Gasteiger charge is 2.42. The van der Waals surface area contributed by atoms with Crippen LogP contribution in [-0.2, 0) is 9.53 Å². The second-order valence-electron chi connectivity index (χ2n) is 4.21. The fourth-order valence-corrected chi connectivity index (χ4v) is 2.50. The lowest BCUT2D eigenvalue weighted by Gasteiger charge is -2.44. The van der Waals surface area contributed by atoms with Crippen LogP contribution in [0.15, 0.2) is 12.2 Å². The summed E-state index contributed by atoms with van der Waals surface area (Å²) in [6.45, 7) is 2.27. The van der Waals surface area contributed by atoms with Gasteiger partial charge in [0.1, 0.15) is 5.78 Å². The SMILES string of the molecule is COC(=O)N1C[C@@H]2C=C[C@H]1[C@@H](C(C)=O)C2. The van der Waals surface area contributed by atoms with Crippen LogP contribution in [0, 0.1) is 11.8 Å². The number of nitrogens with zero attached hydrogens (tertiary/aromatic N) is 1. The van der Waals surface area contributed by atoms with E-state index in [1.165, 1.54) is 7.11 Å². The zero-order chi connectivity index (χ0) is 11.0. The minimum atomic E-state index is -0.333. The Morgan fingerprint density at radius 2 is 2.13 bits per heavy atom. The van der Waals surface area contributed by atoms with E-state index in [-0.39, 0.29) is 23.8 Å². The summed E-state index contributed by atoms with van der Waals surface area (Å²) in [6, 6.07) is -0.0973. The standard InChI is InChI=1S/C11H15NO3/c1-7(13)9-5-8-3-4-10(9)12(6-8)11(14)15-2/h3-4,8-10H,5-6H2,1-2H3/t8-,9-,10+/m1/s1. The second-order valence-corrected chi connectivity index (χ2v) is 4.21. The van der Waals surface area contributed by atoms with Crippen LogP contribution in [-0.4, -0.2) is 36.5 Å². The number of piperidine rings is 1. The summed E-state index contributed by atoms with van der Waals surface area (Å²) in [7, 11) is 1.37. The number of hydrogen-bond acceptors (Lipinski definition) is 3. The minimum absolute atomic E-state index is 0.0483. The van der Waals surface area contributed by atoms with E-state index in [1.807, 2.05) is 6.08 Å². The topological polar surface area (TPSA) is 46.6 Å². The zero-order valence-electron chi connectivity index (χ0n) is 8.97. The van der Waals surface area contributed by atoms with E-state index in [9.17, 15) is 9.59 Å². The molecule has 1 amide bonds.